The van der Waals surface area contributed by atoms with E-state index < -0.39 is 6.10 Å². The van der Waals surface area contributed by atoms with Gasteiger partial charge in [0.25, 0.3) is 5.91 Å². The third kappa shape index (κ3) is 4.46. The van der Waals surface area contributed by atoms with Crippen LogP contribution >= 0.6 is 0 Å². The van der Waals surface area contributed by atoms with Crippen LogP contribution in [0.4, 0.5) is 5.69 Å². The maximum absolute atomic E-state index is 11.9. The minimum atomic E-state index is -0.488. The highest BCUT2D eigenvalue weighted by Crippen LogP contribution is 2.30. The number of fused-ring (bicyclic) bond motifs is 1. The van der Waals surface area contributed by atoms with Crippen LogP contribution in [0, 0.1) is 0 Å². The quantitative estimate of drug-likeness (QED) is 0.770. The van der Waals surface area contributed by atoms with Gasteiger partial charge in [-0.3, -0.25) is 9.59 Å². The summed E-state index contributed by atoms with van der Waals surface area (Å²) in [5.74, 6) is 0.454. The first-order valence-corrected chi connectivity index (χ1v) is 7.47. The molecule has 1 heterocycles. The van der Waals surface area contributed by atoms with E-state index in [9.17, 15) is 9.59 Å². The number of amides is 2. The molecule has 0 radical (unpaired) electrons. The predicted octanol–water partition coefficient (Wildman–Crippen LogP) is 1.02. The summed E-state index contributed by atoms with van der Waals surface area (Å²) in [6, 6.07) is 5.43. The van der Waals surface area contributed by atoms with E-state index in [-0.39, 0.29) is 11.8 Å². The largest absolute Gasteiger partial charge is 0.479 e. The van der Waals surface area contributed by atoms with E-state index in [1.165, 1.54) is 0 Å². The van der Waals surface area contributed by atoms with Crippen molar-refractivity contribution in [2.24, 2.45) is 0 Å². The molecule has 0 bridgehead atoms. The van der Waals surface area contributed by atoms with Crippen LogP contribution in [0.15, 0.2) is 18.2 Å². The fourth-order valence-corrected chi connectivity index (χ4v) is 2.24. The SMILES string of the molecule is CC1Oc2ccc(CC(=O)NCCCN(C)C)cc2NC1=O. The molecular weight excluding hydrogens is 282 g/mol. The lowest BCUT2D eigenvalue weighted by Crippen LogP contribution is -2.34. The lowest BCUT2D eigenvalue weighted by Gasteiger charge is -2.23. The molecule has 0 aromatic heterocycles. The highest BCUT2D eigenvalue weighted by Gasteiger charge is 2.23. The zero-order valence-electron chi connectivity index (χ0n) is 13.3. The molecule has 2 amide bonds. The maximum atomic E-state index is 11.9. The third-order valence-electron chi connectivity index (χ3n) is 3.44. The molecule has 2 rings (SSSR count). The highest BCUT2D eigenvalue weighted by atomic mass is 16.5. The molecule has 22 heavy (non-hydrogen) atoms. The number of hydrogen-bond donors (Lipinski definition) is 2. The Balaban J connectivity index is 1.87. The number of carbonyl (C=O) groups is 2. The van der Waals surface area contributed by atoms with Crippen molar-refractivity contribution in [1.29, 1.82) is 0 Å². The predicted molar refractivity (Wildman–Crippen MR) is 85.0 cm³/mol. The van der Waals surface area contributed by atoms with Gasteiger partial charge < -0.3 is 20.3 Å². The summed E-state index contributed by atoms with van der Waals surface area (Å²) >= 11 is 0. The molecule has 0 saturated carbocycles. The lowest BCUT2D eigenvalue weighted by atomic mass is 10.1. The van der Waals surface area contributed by atoms with E-state index in [2.05, 4.69) is 15.5 Å². The molecule has 0 spiro atoms. The minimum Gasteiger partial charge on any atom is -0.479 e. The Morgan fingerprint density at radius 3 is 2.91 bits per heavy atom. The second-order valence-electron chi connectivity index (χ2n) is 5.76. The Morgan fingerprint density at radius 2 is 2.18 bits per heavy atom. The Bertz CT molecular complexity index is 558. The Kier molecular flexibility index (Phi) is 5.38. The number of nitrogens with one attached hydrogen (secondary N) is 2. The van der Waals surface area contributed by atoms with Crippen LogP contribution in [-0.4, -0.2) is 50.0 Å². The average molecular weight is 305 g/mol. The molecule has 0 fully saturated rings. The van der Waals surface area contributed by atoms with Gasteiger partial charge in [-0.1, -0.05) is 6.07 Å². The molecule has 1 aliphatic rings. The van der Waals surface area contributed by atoms with Crippen LogP contribution in [0.25, 0.3) is 0 Å². The number of anilines is 1. The molecular formula is C16H23N3O3. The van der Waals surface area contributed by atoms with Gasteiger partial charge in [0.15, 0.2) is 6.10 Å². The lowest BCUT2D eigenvalue weighted by molar-refractivity contribution is -0.122. The molecule has 1 aromatic carbocycles. The number of benzene rings is 1. The normalized spacial score (nSPS) is 16.7. The topological polar surface area (TPSA) is 70.7 Å². The number of rotatable bonds is 6. The minimum absolute atomic E-state index is 0.0184. The van der Waals surface area contributed by atoms with Crippen molar-refractivity contribution >= 4 is 17.5 Å². The van der Waals surface area contributed by atoms with E-state index >= 15 is 0 Å². The molecule has 1 atom stereocenters. The van der Waals surface area contributed by atoms with Crippen LogP contribution in [0.5, 0.6) is 5.75 Å². The fourth-order valence-electron chi connectivity index (χ4n) is 2.24. The summed E-state index contributed by atoms with van der Waals surface area (Å²) in [5, 5.41) is 5.69. The Morgan fingerprint density at radius 1 is 1.41 bits per heavy atom. The number of ether oxygens (including phenoxy) is 1. The van der Waals surface area contributed by atoms with Crippen molar-refractivity contribution in [3.8, 4) is 5.75 Å². The summed E-state index contributed by atoms with van der Waals surface area (Å²) in [5.41, 5.74) is 1.48. The molecule has 6 heteroatoms. The van der Waals surface area contributed by atoms with Gasteiger partial charge in [0, 0.05) is 6.54 Å². The first-order chi connectivity index (χ1) is 10.5. The molecule has 1 aromatic rings. The first kappa shape index (κ1) is 16.3. The van der Waals surface area contributed by atoms with Crippen molar-refractivity contribution < 1.29 is 14.3 Å². The van der Waals surface area contributed by atoms with Crippen LogP contribution in [0.1, 0.15) is 18.9 Å². The van der Waals surface area contributed by atoms with Gasteiger partial charge in [0.1, 0.15) is 5.75 Å². The van der Waals surface area contributed by atoms with Crippen molar-refractivity contribution in [3.63, 3.8) is 0 Å². The molecule has 1 unspecified atom stereocenters. The number of hydrogen-bond acceptors (Lipinski definition) is 4. The van der Waals surface area contributed by atoms with E-state index in [0.29, 0.717) is 24.4 Å². The van der Waals surface area contributed by atoms with Crippen LogP contribution in [0.3, 0.4) is 0 Å². The monoisotopic (exact) mass is 305 g/mol. The van der Waals surface area contributed by atoms with E-state index in [4.69, 9.17) is 4.74 Å². The van der Waals surface area contributed by atoms with Gasteiger partial charge in [0.2, 0.25) is 5.91 Å². The van der Waals surface area contributed by atoms with Gasteiger partial charge in [-0.15, -0.1) is 0 Å². The average Bonchev–Trinajstić information content (AvgIpc) is 2.45. The molecule has 1 aliphatic heterocycles. The molecule has 0 saturated heterocycles. The van der Waals surface area contributed by atoms with Gasteiger partial charge >= 0.3 is 0 Å². The number of nitrogens with zero attached hydrogens (tertiary/aromatic N) is 1. The van der Waals surface area contributed by atoms with E-state index in [1.807, 2.05) is 20.2 Å². The third-order valence-corrected chi connectivity index (χ3v) is 3.44. The summed E-state index contributed by atoms with van der Waals surface area (Å²) in [6.45, 7) is 3.31. The van der Waals surface area contributed by atoms with Crippen LogP contribution < -0.4 is 15.4 Å². The van der Waals surface area contributed by atoms with Crippen molar-refractivity contribution in [3.05, 3.63) is 23.8 Å². The van der Waals surface area contributed by atoms with Gasteiger partial charge in [-0.25, -0.2) is 0 Å². The van der Waals surface area contributed by atoms with Gasteiger partial charge in [-0.05, 0) is 51.7 Å². The fraction of sp³-hybridized carbons (Fsp3) is 0.500. The van der Waals surface area contributed by atoms with Crippen molar-refractivity contribution in [1.82, 2.24) is 10.2 Å². The van der Waals surface area contributed by atoms with Gasteiger partial charge in [0.05, 0.1) is 12.1 Å². The molecule has 120 valence electrons. The van der Waals surface area contributed by atoms with Gasteiger partial charge in [-0.2, -0.15) is 0 Å². The van der Waals surface area contributed by atoms with Crippen molar-refractivity contribution in [2.45, 2.75) is 25.9 Å². The summed E-state index contributed by atoms with van der Waals surface area (Å²) in [4.78, 5) is 25.6. The Labute approximate surface area is 130 Å². The second-order valence-corrected chi connectivity index (χ2v) is 5.76. The van der Waals surface area contributed by atoms with Crippen molar-refractivity contribution in [2.75, 3.05) is 32.5 Å². The second kappa shape index (κ2) is 7.26. The first-order valence-electron chi connectivity index (χ1n) is 7.47. The maximum Gasteiger partial charge on any atom is 0.265 e. The Hall–Kier alpha value is -2.08. The molecule has 2 N–H and O–H groups in total. The summed E-state index contributed by atoms with van der Waals surface area (Å²) in [6.07, 6.45) is 0.726. The van der Waals surface area contributed by atoms with E-state index in [0.717, 1.165) is 18.5 Å². The zero-order chi connectivity index (χ0) is 16.1. The molecule has 6 nitrogen and oxygen atoms in total. The summed E-state index contributed by atoms with van der Waals surface area (Å²) in [7, 11) is 4.01. The number of carbonyl (C=O) groups excluding carboxylic acids is 2. The smallest absolute Gasteiger partial charge is 0.265 e. The standard InChI is InChI=1S/C16H23N3O3/c1-11-16(21)18-13-9-12(5-6-14(13)22-11)10-15(20)17-7-4-8-19(2)3/h5-6,9,11H,4,7-8,10H2,1-3H3,(H,17,20)(H,18,21). The van der Waals surface area contributed by atoms with Crippen LogP contribution in [0.2, 0.25) is 0 Å². The highest BCUT2D eigenvalue weighted by molar-refractivity contribution is 5.97. The zero-order valence-corrected chi connectivity index (χ0v) is 13.3. The van der Waals surface area contributed by atoms with E-state index in [1.54, 1.807) is 19.1 Å². The van der Waals surface area contributed by atoms with Crippen LogP contribution in [-0.2, 0) is 16.0 Å². The summed E-state index contributed by atoms with van der Waals surface area (Å²) < 4.78 is 5.49. The molecule has 0 aliphatic carbocycles.